The Morgan fingerprint density at radius 3 is 2.33 bits per heavy atom. The van der Waals surface area contributed by atoms with Crippen LogP contribution in [0.3, 0.4) is 0 Å². The van der Waals surface area contributed by atoms with Gasteiger partial charge in [-0.1, -0.05) is 12.1 Å². The SMILES string of the molecule is CCOc1ccc(OCCCC(=O)Nc2cc(C)ccc2C)cc1. The van der Waals surface area contributed by atoms with Crippen LogP contribution in [0.2, 0.25) is 0 Å². The molecular formula is C20H25NO3. The first kappa shape index (κ1) is 17.9. The predicted octanol–water partition coefficient (Wildman–Crippen LogP) is 4.50. The van der Waals surface area contributed by atoms with E-state index >= 15 is 0 Å². The Morgan fingerprint density at radius 1 is 1.00 bits per heavy atom. The lowest BCUT2D eigenvalue weighted by Crippen LogP contribution is -2.13. The average Bonchev–Trinajstić information content (AvgIpc) is 2.57. The Bertz CT molecular complexity index is 665. The smallest absolute Gasteiger partial charge is 0.224 e. The monoisotopic (exact) mass is 327 g/mol. The number of aryl methyl sites for hydroxylation is 2. The van der Waals surface area contributed by atoms with Gasteiger partial charge >= 0.3 is 0 Å². The number of hydrogen-bond acceptors (Lipinski definition) is 3. The fraction of sp³-hybridized carbons (Fsp3) is 0.350. The van der Waals surface area contributed by atoms with Gasteiger partial charge in [-0.2, -0.15) is 0 Å². The molecule has 2 aromatic carbocycles. The molecule has 128 valence electrons. The number of benzene rings is 2. The second kappa shape index (κ2) is 8.96. The van der Waals surface area contributed by atoms with E-state index in [0.717, 1.165) is 28.3 Å². The summed E-state index contributed by atoms with van der Waals surface area (Å²) in [5.74, 6) is 1.63. The Kier molecular flexibility index (Phi) is 6.67. The van der Waals surface area contributed by atoms with Crippen LogP contribution in [-0.4, -0.2) is 19.1 Å². The first-order valence-electron chi connectivity index (χ1n) is 8.31. The molecule has 0 aliphatic carbocycles. The first-order chi connectivity index (χ1) is 11.6. The van der Waals surface area contributed by atoms with Crippen LogP contribution in [-0.2, 0) is 4.79 Å². The third-order valence-corrected chi connectivity index (χ3v) is 3.62. The molecule has 0 bridgehead atoms. The highest BCUT2D eigenvalue weighted by Crippen LogP contribution is 2.18. The van der Waals surface area contributed by atoms with Crippen LogP contribution in [0, 0.1) is 13.8 Å². The number of nitrogens with one attached hydrogen (secondary N) is 1. The standard InChI is InChI=1S/C20H25NO3/c1-4-23-17-9-11-18(12-10-17)24-13-5-6-20(22)21-19-14-15(2)7-8-16(19)3/h7-12,14H,4-6,13H2,1-3H3,(H,21,22). The number of anilines is 1. The normalized spacial score (nSPS) is 10.3. The van der Waals surface area contributed by atoms with Crippen molar-refractivity contribution in [1.82, 2.24) is 0 Å². The zero-order chi connectivity index (χ0) is 17.4. The van der Waals surface area contributed by atoms with Crippen LogP contribution >= 0.6 is 0 Å². The zero-order valence-electron chi connectivity index (χ0n) is 14.6. The van der Waals surface area contributed by atoms with Crippen molar-refractivity contribution >= 4 is 11.6 Å². The molecule has 2 aromatic rings. The van der Waals surface area contributed by atoms with Gasteiger partial charge in [-0.05, 0) is 68.7 Å². The van der Waals surface area contributed by atoms with Gasteiger partial charge in [0.2, 0.25) is 5.91 Å². The zero-order valence-corrected chi connectivity index (χ0v) is 14.6. The molecule has 1 N–H and O–H groups in total. The van der Waals surface area contributed by atoms with Crippen LogP contribution in [0.4, 0.5) is 5.69 Å². The molecule has 1 amide bonds. The highest BCUT2D eigenvalue weighted by atomic mass is 16.5. The topological polar surface area (TPSA) is 47.6 Å². The van der Waals surface area contributed by atoms with Crippen LogP contribution in [0.25, 0.3) is 0 Å². The second-order valence-corrected chi connectivity index (χ2v) is 5.72. The Morgan fingerprint density at radius 2 is 1.67 bits per heavy atom. The Balaban J connectivity index is 1.71. The summed E-state index contributed by atoms with van der Waals surface area (Å²) in [7, 11) is 0. The van der Waals surface area contributed by atoms with Crippen LogP contribution in [0.15, 0.2) is 42.5 Å². The summed E-state index contributed by atoms with van der Waals surface area (Å²) in [6.45, 7) is 7.11. The summed E-state index contributed by atoms with van der Waals surface area (Å²) in [5, 5.41) is 2.96. The fourth-order valence-corrected chi connectivity index (χ4v) is 2.30. The van der Waals surface area contributed by atoms with Crippen LogP contribution < -0.4 is 14.8 Å². The molecule has 0 heterocycles. The van der Waals surface area contributed by atoms with E-state index in [1.165, 1.54) is 0 Å². The largest absolute Gasteiger partial charge is 0.494 e. The van der Waals surface area contributed by atoms with Crippen molar-refractivity contribution in [3.63, 3.8) is 0 Å². The molecule has 2 rings (SSSR count). The van der Waals surface area contributed by atoms with Crippen molar-refractivity contribution in [2.24, 2.45) is 0 Å². The maximum Gasteiger partial charge on any atom is 0.224 e. The van der Waals surface area contributed by atoms with Gasteiger partial charge < -0.3 is 14.8 Å². The van der Waals surface area contributed by atoms with Crippen LogP contribution in [0.5, 0.6) is 11.5 Å². The third kappa shape index (κ3) is 5.61. The molecule has 0 unspecified atom stereocenters. The Labute approximate surface area is 143 Å². The van der Waals surface area contributed by atoms with E-state index in [2.05, 4.69) is 5.32 Å². The Hall–Kier alpha value is -2.49. The quantitative estimate of drug-likeness (QED) is 0.726. The van der Waals surface area contributed by atoms with Gasteiger partial charge in [0.25, 0.3) is 0 Å². The molecule has 0 aliphatic heterocycles. The molecule has 0 atom stereocenters. The van der Waals surface area contributed by atoms with Gasteiger partial charge in [-0.15, -0.1) is 0 Å². The van der Waals surface area contributed by atoms with E-state index in [4.69, 9.17) is 9.47 Å². The number of amides is 1. The van der Waals surface area contributed by atoms with Gasteiger partial charge in [0.15, 0.2) is 0 Å². The summed E-state index contributed by atoms with van der Waals surface area (Å²) in [6.07, 6.45) is 1.11. The molecule has 0 radical (unpaired) electrons. The lowest BCUT2D eigenvalue weighted by atomic mass is 10.1. The van der Waals surface area contributed by atoms with E-state index in [9.17, 15) is 4.79 Å². The maximum absolute atomic E-state index is 12.0. The summed E-state index contributed by atoms with van der Waals surface area (Å²) < 4.78 is 11.0. The molecule has 0 aliphatic rings. The van der Waals surface area contributed by atoms with E-state index in [0.29, 0.717) is 26.1 Å². The van der Waals surface area contributed by atoms with Crippen molar-refractivity contribution in [2.45, 2.75) is 33.6 Å². The average molecular weight is 327 g/mol. The second-order valence-electron chi connectivity index (χ2n) is 5.72. The fourth-order valence-electron chi connectivity index (χ4n) is 2.30. The van der Waals surface area contributed by atoms with Gasteiger partial charge in [-0.25, -0.2) is 0 Å². The number of rotatable bonds is 8. The minimum absolute atomic E-state index is 0.0130. The van der Waals surface area contributed by atoms with Gasteiger partial charge in [0.1, 0.15) is 11.5 Å². The molecule has 4 heteroatoms. The van der Waals surface area contributed by atoms with Crippen molar-refractivity contribution in [2.75, 3.05) is 18.5 Å². The van der Waals surface area contributed by atoms with E-state index in [1.54, 1.807) is 0 Å². The molecule has 0 fully saturated rings. The molecule has 0 aromatic heterocycles. The van der Waals surface area contributed by atoms with Crippen molar-refractivity contribution in [3.8, 4) is 11.5 Å². The number of carbonyl (C=O) groups excluding carboxylic acids is 1. The summed E-state index contributed by atoms with van der Waals surface area (Å²) in [6, 6.07) is 13.6. The summed E-state index contributed by atoms with van der Waals surface area (Å²) in [4.78, 5) is 12.0. The van der Waals surface area contributed by atoms with Gasteiger partial charge in [0.05, 0.1) is 13.2 Å². The highest BCUT2D eigenvalue weighted by molar-refractivity contribution is 5.91. The third-order valence-electron chi connectivity index (χ3n) is 3.62. The lowest BCUT2D eigenvalue weighted by Gasteiger charge is -2.10. The maximum atomic E-state index is 12.0. The van der Waals surface area contributed by atoms with Crippen molar-refractivity contribution in [1.29, 1.82) is 0 Å². The first-order valence-corrected chi connectivity index (χ1v) is 8.31. The number of hydrogen-bond donors (Lipinski definition) is 1. The molecule has 24 heavy (non-hydrogen) atoms. The molecule has 0 spiro atoms. The summed E-state index contributed by atoms with van der Waals surface area (Å²) >= 11 is 0. The van der Waals surface area contributed by atoms with Crippen LogP contribution in [0.1, 0.15) is 30.9 Å². The number of ether oxygens (including phenoxy) is 2. The van der Waals surface area contributed by atoms with E-state index in [-0.39, 0.29) is 5.91 Å². The highest BCUT2D eigenvalue weighted by Gasteiger charge is 2.05. The minimum Gasteiger partial charge on any atom is -0.494 e. The van der Waals surface area contributed by atoms with Gasteiger partial charge in [0, 0.05) is 12.1 Å². The van der Waals surface area contributed by atoms with Crippen molar-refractivity contribution < 1.29 is 14.3 Å². The minimum atomic E-state index is 0.0130. The summed E-state index contributed by atoms with van der Waals surface area (Å²) in [5.41, 5.74) is 3.08. The van der Waals surface area contributed by atoms with Gasteiger partial charge in [-0.3, -0.25) is 4.79 Å². The molecule has 4 nitrogen and oxygen atoms in total. The van der Waals surface area contributed by atoms with Crippen molar-refractivity contribution in [3.05, 3.63) is 53.6 Å². The number of carbonyl (C=O) groups is 1. The lowest BCUT2D eigenvalue weighted by molar-refractivity contribution is -0.116. The molecule has 0 saturated heterocycles. The van der Waals surface area contributed by atoms with E-state index < -0.39 is 0 Å². The molecular weight excluding hydrogens is 302 g/mol. The molecule has 0 saturated carbocycles. The van der Waals surface area contributed by atoms with E-state index in [1.807, 2.05) is 63.2 Å². The predicted molar refractivity (Wildman–Crippen MR) is 96.9 cm³/mol.